The van der Waals surface area contributed by atoms with Gasteiger partial charge in [0.25, 0.3) is 0 Å². The van der Waals surface area contributed by atoms with Crippen LogP contribution in [0.5, 0.6) is 0 Å². The van der Waals surface area contributed by atoms with Gasteiger partial charge in [-0.15, -0.1) is 0 Å². The number of aryl methyl sites for hydroxylation is 3. The summed E-state index contributed by atoms with van der Waals surface area (Å²) in [6.45, 7) is 10.2. The molecule has 0 atom stereocenters. The van der Waals surface area contributed by atoms with Crippen molar-refractivity contribution >= 4 is 0 Å². The number of hydrogen-bond acceptors (Lipinski definition) is 3. The number of aromatic nitrogens is 3. The van der Waals surface area contributed by atoms with E-state index in [-0.39, 0.29) is 0 Å². The Morgan fingerprint density at radius 3 is 2.22 bits per heavy atom. The molecule has 0 fully saturated rings. The SMILES string of the molecule is CC.CCc1nc(C)cc(C)c1-c1ncccn1. The molecule has 2 aromatic rings. The largest absolute Gasteiger partial charge is 0.257 e. The van der Waals surface area contributed by atoms with E-state index in [9.17, 15) is 0 Å². The average molecular weight is 243 g/mol. The van der Waals surface area contributed by atoms with Gasteiger partial charge in [0.2, 0.25) is 0 Å². The highest BCUT2D eigenvalue weighted by Gasteiger charge is 2.11. The Bertz CT molecular complexity index is 493. The number of hydrogen-bond donors (Lipinski definition) is 0. The summed E-state index contributed by atoms with van der Waals surface area (Å²) in [5.41, 5.74) is 4.39. The van der Waals surface area contributed by atoms with Crippen LogP contribution in [-0.4, -0.2) is 15.0 Å². The van der Waals surface area contributed by atoms with Gasteiger partial charge in [0, 0.05) is 23.7 Å². The Morgan fingerprint density at radius 2 is 1.67 bits per heavy atom. The smallest absolute Gasteiger partial charge is 0.161 e. The second-order valence-electron chi connectivity index (χ2n) is 3.83. The van der Waals surface area contributed by atoms with Crippen molar-refractivity contribution in [3.8, 4) is 11.4 Å². The fourth-order valence-electron chi connectivity index (χ4n) is 1.90. The minimum Gasteiger partial charge on any atom is -0.257 e. The number of nitrogens with zero attached hydrogens (tertiary/aromatic N) is 3. The van der Waals surface area contributed by atoms with Crippen molar-refractivity contribution < 1.29 is 0 Å². The molecule has 0 aliphatic carbocycles. The number of pyridine rings is 1. The predicted molar refractivity (Wildman–Crippen MR) is 75.5 cm³/mol. The van der Waals surface area contributed by atoms with Crippen LogP contribution >= 0.6 is 0 Å². The third-order valence-corrected chi connectivity index (χ3v) is 2.54. The highest BCUT2D eigenvalue weighted by Crippen LogP contribution is 2.23. The summed E-state index contributed by atoms with van der Waals surface area (Å²) in [6.07, 6.45) is 4.43. The van der Waals surface area contributed by atoms with Crippen molar-refractivity contribution in [2.45, 2.75) is 41.0 Å². The van der Waals surface area contributed by atoms with Crippen LogP contribution in [0.2, 0.25) is 0 Å². The summed E-state index contributed by atoms with van der Waals surface area (Å²) in [6, 6.07) is 3.90. The Balaban J connectivity index is 0.000000771. The summed E-state index contributed by atoms with van der Waals surface area (Å²) in [5, 5.41) is 0. The minimum atomic E-state index is 0.768. The van der Waals surface area contributed by atoms with Crippen molar-refractivity contribution in [1.29, 1.82) is 0 Å². The van der Waals surface area contributed by atoms with Gasteiger partial charge in [-0.3, -0.25) is 4.98 Å². The van der Waals surface area contributed by atoms with Crippen LogP contribution in [0.25, 0.3) is 11.4 Å². The molecule has 0 radical (unpaired) electrons. The van der Waals surface area contributed by atoms with E-state index in [2.05, 4.69) is 34.9 Å². The third kappa shape index (κ3) is 3.13. The first-order valence-electron chi connectivity index (χ1n) is 6.47. The summed E-state index contributed by atoms with van der Waals surface area (Å²) in [7, 11) is 0. The molecule has 0 N–H and O–H groups in total. The molecule has 0 bridgehead atoms. The van der Waals surface area contributed by atoms with Gasteiger partial charge in [-0.1, -0.05) is 20.8 Å². The Hall–Kier alpha value is -1.77. The lowest BCUT2D eigenvalue weighted by atomic mass is 10.0. The molecule has 0 aliphatic heterocycles. The Labute approximate surface area is 109 Å². The summed E-state index contributed by atoms with van der Waals surface area (Å²) >= 11 is 0. The summed E-state index contributed by atoms with van der Waals surface area (Å²) < 4.78 is 0. The molecule has 0 saturated heterocycles. The molecule has 0 amide bonds. The molecule has 3 nitrogen and oxygen atoms in total. The van der Waals surface area contributed by atoms with Crippen LogP contribution < -0.4 is 0 Å². The molecular weight excluding hydrogens is 222 g/mol. The van der Waals surface area contributed by atoms with Gasteiger partial charge < -0.3 is 0 Å². The van der Waals surface area contributed by atoms with E-state index in [4.69, 9.17) is 0 Å². The van der Waals surface area contributed by atoms with Gasteiger partial charge in [0.05, 0.1) is 5.69 Å². The Morgan fingerprint density at radius 1 is 1.06 bits per heavy atom. The van der Waals surface area contributed by atoms with E-state index < -0.39 is 0 Å². The van der Waals surface area contributed by atoms with E-state index in [1.165, 1.54) is 5.56 Å². The molecule has 96 valence electrons. The second-order valence-corrected chi connectivity index (χ2v) is 3.83. The minimum absolute atomic E-state index is 0.768. The molecule has 2 rings (SSSR count). The van der Waals surface area contributed by atoms with Gasteiger partial charge >= 0.3 is 0 Å². The molecule has 2 aromatic heterocycles. The van der Waals surface area contributed by atoms with Gasteiger partial charge in [-0.2, -0.15) is 0 Å². The van der Waals surface area contributed by atoms with Gasteiger partial charge in [-0.05, 0) is 38.0 Å². The number of rotatable bonds is 2. The van der Waals surface area contributed by atoms with Crippen molar-refractivity contribution in [2.24, 2.45) is 0 Å². The third-order valence-electron chi connectivity index (χ3n) is 2.54. The molecule has 2 heterocycles. The topological polar surface area (TPSA) is 38.7 Å². The first kappa shape index (κ1) is 14.3. The highest BCUT2D eigenvalue weighted by molar-refractivity contribution is 5.62. The molecule has 0 aliphatic rings. The van der Waals surface area contributed by atoms with Gasteiger partial charge in [-0.25, -0.2) is 9.97 Å². The van der Waals surface area contributed by atoms with Crippen LogP contribution in [0.1, 0.15) is 37.7 Å². The van der Waals surface area contributed by atoms with E-state index in [1.807, 2.05) is 26.8 Å². The quantitative estimate of drug-likeness (QED) is 0.806. The normalized spacial score (nSPS) is 9.61. The summed E-state index contributed by atoms with van der Waals surface area (Å²) in [5.74, 6) is 0.768. The maximum Gasteiger partial charge on any atom is 0.161 e. The Kier molecular flexibility index (Phi) is 5.43. The first-order chi connectivity index (χ1) is 8.72. The molecule has 18 heavy (non-hydrogen) atoms. The van der Waals surface area contributed by atoms with Crippen LogP contribution in [0, 0.1) is 13.8 Å². The first-order valence-corrected chi connectivity index (χ1v) is 6.47. The van der Waals surface area contributed by atoms with Crippen molar-refractivity contribution in [2.75, 3.05) is 0 Å². The lowest BCUT2D eigenvalue weighted by Gasteiger charge is -2.10. The van der Waals surface area contributed by atoms with E-state index >= 15 is 0 Å². The monoisotopic (exact) mass is 243 g/mol. The van der Waals surface area contributed by atoms with Gasteiger partial charge in [0.15, 0.2) is 5.82 Å². The maximum atomic E-state index is 4.55. The fraction of sp³-hybridized carbons (Fsp3) is 0.400. The van der Waals surface area contributed by atoms with Crippen molar-refractivity contribution in [3.63, 3.8) is 0 Å². The zero-order chi connectivity index (χ0) is 13.5. The fourth-order valence-corrected chi connectivity index (χ4v) is 1.90. The lowest BCUT2D eigenvalue weighted by Crippen LogP contribution is -2.00. The van der Waals surface area contributed by atoms with Crippen molar-refractivity contribution in [3.05, 3.63) is 41.5 Å². The summed E-state index contributed by atoms with van der Waals surface area (Å²) in [4.78, 5) is 13.1. The second kappa shape index (κ2) is 6.84. The van der Waals surface area contributed by atoms with Crippen LogP contribution in [0.3, 0.4) is 0 Å². The standard InChI is InChI=1S/C13H15N3.C2H6/c1-4-11-12(9(2)8-10(3)16-11)13-14-6-5-7-15-13;1-2/h5-8H,4H2,1-3H3;1-2H3. The molecular formula is C15H21N3. The molecule has 0 saturated carbocycles. The zero-order valence-electron chi connectivity index (χ0n) is 11.9. The molecule has 0 unspecified atom stereocenters. The van der Waals surface area contributed by atoms with E-state index in [0.29, 0.717) is 0 Å². The highest BCUT2D eigenvalue weighted by atomic mass is 14.9. The maximum absolute atomic E-state index is 4.55. The zero-order valence-corrected chi connectivity index (χ0v) is 11.9. The van der Waals surface area contributed by atoms with Crippen LogP contribution in [0.4, 0.5) is 0 Å². The van der Waals surface area contributed by atoms with Crippen molar-refractivity contribution in [1.82, 2.24) is 15.0 Å². The molecule has 0 aromatic carbocycles. The molecule has 3 heteroatoms. The van der Waals surface area contributed by atoms with Gasteiger partial charge in [0.1, 0.15) is 0 Å². The van der Waals surface area contributed by atoms with E-state index in [1.54, 1.807) is 12.4 Å². The average Bonchev–Trinajstić information content (AvgIpc) is 2.41. The van der Waals surface area contributed by atoms with Crippen LogP contribution in [0.15, 0.2) is 24.5 Å². The lowest BCUT2D eigenvalue weighted by molar-refractivity contribution is 0.988. The van der Waals surface area contributed by atoms with Crippen LogP contribution in [-0.2, 0) is 6.42 Å². The van der Waals surface area contributed by atoms with E-state index in [0.717, 1.165) is 29.2 Å². The predicted octanol–water partition coefficient (Wildman–Crippen LogP) is 3.74. The molecule has 0 spiro atoms.